The minimum atomic E-state index is -0.509. The molecule has 0 saturated carbocycles. The highest BCUT2D eigenvalue weighted by Gasteiger charge is 2.47. The van der Waals surface area contributed by atoms with Crippen molar-refractivity contribution >= 4 is 29.5 Å². The third-order valence-electron chi connectivity index (χ3n) is 6.53. The van der Waals surface area contributed by atoms with Gasteiger partial charge in [0.15, 0.2) is 0 Å². The van der Waals surface area contributed by atoms with Crippen LogP contribution in [0.1, 0.15) is 24.0 Å². The molecule has 0 aromatic heterocycles. The topological polar surface area (TPSA) is 63.7 Å². The van der Waals surface area contributed by atoms with Crippen LogP contribution in [0.25, 0.3) is 17.2 Å². The van der Waals surface area contributed by atoms with Gasteiger partial charge in [-0.25, -0.2) is 4.79 Å². The number of nitrogens with zero attached hydrogens (tertiary/aromatic N) is 1. The minimum absolute atomic E-state index is 0.162. The highest BCUT2D eigenvalue weighted by Crippen LogP contribution is 2.38. The number of benzene rings is 3. The summed E-state index contributed by atoms with van der Waals surface area (Å²) < 4.78 is 5.38. The first-order chi connectivity index (χ1) is 17.0. The SMILES string of the molecule is Cc1ccc(-c2ccc(/C=C/C(=O)Oc3ccc(N4C(=O)C5CC=CCC5C4=O)cc3)cc2)cc1. The summed E-state index contributed by atoms with van der Waals surface area (Å²) in [5.41, 5.74) is 4.85. The molecule has 1 aliphatic carbocycles. The summed E-state index contributed by atoms with van der Waals surface area (Å²) in [6, 6.07) is 22.7. The number of amides is 2. The molecule has 1 aliphatic heterocycles. The monoisotopic (exact) mass is 463 g/mol. The van der Waals surface area contributed by atoms with E-state index in [0.717, 1.165) is 16.7 Å². The predicted molar refractivity (Wildman–Crippen MR) is 136 cm³/mol. The van der Waals surface area contributed by atoms with Crippen LogP contribution in [0.3, 0.4) is 0 Å². The lowest BCUT2D eigenvalue weighted by atomic mass is 9.85. The van der Waals surface area contributed by atoms with Crippen molar-refractivity contribution < 1.29 is 19.1 Å². The van der Waals surface area contributed by atoms with E-state index < -0.39 is 5.97 Å². The number of anilines is 1. The van der Waals surface area contributed by atoms with Crippen molar-refractivity contribution in [2.45, 2.75) is 19.8 Å². The summed E-state index contributed by atoms with van der Waals surface area (Å²) in [7, 11) is 0. The number of carbonyl (C=O) groups excluding carboxylic acids is 3. The van der Waals surface area contributed by atoms with E-state index in [9.17, 15) is 14.4 Å². The van der Waals surface area contributed by atoms with Crippen LogP contribution in [0.5, 0.6) is 5.75 Å². The van der Waals surface area contributed by atoms with Gasteiger partial charge in [0.05, 0.1) is 17.5 Å². The molecule has 0 N–H and O–H groups in total. The Morgan fingerprint density at radius 3 is 1.91 bits per heavy atom. The van der Waals surface area contributed by atoms with Gasteiger partial charge in [-0.15, -0.1) is 0 Å². The maximum absolute atomic E-state index is 12.7. The molecular weight excluding hydrogens is 438 g/mol. The van der Waals surface area contributed by atoms with E-state index in [-0.39, 0.29) is 23.7 Å². The molecule has 3 aromatic carbocycles. The van der Waals surface area contributed by atoms with E-state index in [1.807, 2.05) is 36.4 Å². The van der Waals surface area contributed by atoms with Crippen LogP contribution in [-0.2, 0) is 14.4 Å². The Labute approximate surface area is 204 Å². The molecule has 1 fully saturated rings. The van der Waals surface area contributed by atoms with Crippen LogP contribution in [-0.4, -0.2) is 17.8 Å². The summed E-state index contributed by atoms with van der Waals surface area (Å²) in [6.07, 6.45) is 8.20. The molecule has 2 amide bonds. The summed E-state index contributed by atoms with van der Waals surface area (Å²) in [5, 5.41) is 0. The van der Waals surface area contributed by atoms with Gasteiger partial charge in [0.25, 0.3) is 0 Å². The fourth-order valence-electron chi connectivity index (χ4n) is 4.57. The van der Waals surface area contributed by atoms with Gasteiger partial charge in [0.2, 0.25) is 11.8 Å². The van der Waals surface area contributed by atoms with Gasteiger partial charge in [-0.3, -0.25) is 14.5 Å². The highest BCUT2D eigenvalue weighted by molar-refractivity contribution is 6.22. The standard InChI is InChI=1S/C30H25NO4/c1-20-6-11-22(12-7-20)23-13-8-21(9-14-23)10-19-28(32)35-25-17-15-24(16-18-25)31-29(33)26-4-2-3-5-27(26)30(31)34/h2-3,6-19,26-27H,4-5H2,1H3/b19-10+. The smallest absolute Gasteiger partial charge is 0.336 e. The maximum atomic E-state index is 12.7. The molecule has 0 spiro atoms. The molecular formula is C30H25NO4. The molecule has 174 valence electrons. The molecule has 0 radical (unpaired) electrons. The Morgan fingerprint density at radius 1 is 0.800 bits per heavy atom. The molecule has 0 bridgehead atoms. The minimum Gasteiger partial charge on any atom is -0.423 e. The van der Waals surface area contributed by atoms with Gasteiger partial charge in [-0.1, -0.05) is 66.2 Å². The Balaban J connectivity index is 1.20. The van der Waals surface area contributed by atoms with E-state index in [4.69, 9.17) is 4.74 Å². The number of hydrogen-bond donors (Lipinski definition) is 0. The number of fused-ring (bicyclic) bond motifs is 1. The maximum Gasteiger partial charge on any atom is 0.336 e. The lowest BCUT2D eigenvalue weighted by molar-refractivity contribution is -0.129. The van der Waals surface area contributed by atoms with E-state index >= 15 is 0 Å². The second-order valence-corrected chi connectivity index (χ2v) is 8.90. The first kappa shape index (κ1) is 22.5. The highest BCUT2D eigenvalue weighted by atomic mass is 16.5. The normalized spacial score (nSPS) is 19.3. The molecule has 5 rings (SSSR count). The fourth-order valence-corrected chi connectivity index (χ4v) is 4.57. The summed E-state index contributed by atoms with van der Waals surface area (Å²) in [4.78, 5) is 39.0. The van der Waals surface area contributed by atoms with Crippen molar-refractivity contribution in [1.82, 2.24) is 0 Å². The zero-order valence-electron chi connectivity index (χ0n) is 19.4. The lowest BCUT2D eigenvalue weighted by Gasteiger charge is -2.15. The van der Waals surface area contributed by atoms with Crippen LogP contribution in [0.15, 0.2) is 91.0 Å². The second kappa shape index (κ2) is 9.55. The van der Waals surface area contributed by atoms with Crippen LogP contribution in [0.2, 0.25) is 0 Å². The first-order valence-corrected chi connectivity index (χ1v) is 11.7. The van der Waals surface area contributed by atoms with Gasteiger partial charge < -0.3 is 4.74 Å². The second-order valence-electron chi connectivity index (χ2n) is 8.90. The van der Waals surface area contributed by atoms with Crippen LogP contribution in [0.4, 0.5) is 5.69 Å². The summed E-state index contributed by atoms with van der Waals surface area (Å²) >= 11 is 0. The van der Waals surface area contributed by atoms with Crippen LogP contribution >= 0.6 is 0 Å². The molecule has 2 unspecified atom stereocenters. The fraction of sp³-hybridized carbons (Fsp3) is 0.167. The number of aryl methyl sites for hydroxylation is 1. The quantitative estimate of drug-likeness (QED) is 0.159. The number of imide groups is 1. The van der Waals surface area contributed by atoms with Gasteiger partial charge in [-0.05, 0) is 66.8 Å². The largest absolute Gasteiger partial charge is 0.423 e. The van der Waals surface area contributed by atoms with Crippen molar-refractivity contribution in [3.8, 4) is 16.9 Å². The Hall–Kier alpha value is -4.25. The molecule has 1 saturated heterocycles. The number of esters is 1. The van der Waals surface area contributed by atoms with Gasteiger partial charge in [-0.2, -0.15) is 0 Å². The Bertz CT molecular complexity index is 1290. The molecule has 1 heterocycles. The zero-order valence-corrected chi connectivity index (χ0v) is 19.4. The van der Waals surface area contributed by atoms with Crippen molar-refractivity contribution in [1.29, 1.82) is 0 Å². The third-order valence-corrected chi connectivity index (χ3v) is 6.53. The third kappa shape index (κ3) is 4.71. The zero-order chi connectivity index (χ0) is 24.4. The summed E-state index contributed by atoms with van der Waals surface area (Å²) in [5.74, 6) is -1.04. The van der Waals surface area contributed by atoms with Gasteiger partial charge >= 0.3 is 5.97 Å². The predicted octanol–water partition coefficient (Wildman–Crippen LogP) is 5.74. The molecule has 5 nitrogen and oxygen atoms in total. The average Bonchev–Trinajstić information content (AvgIpc) is 3.14. The average molecular weight is 464 g/mol. The number of ether oxygens (including phenoxy) is 1. The van der Waals surface area contributed by atoms with E-state index in [0.29, 0.717) is 24.3 Å². The lowest BCUT2D eigenvalue weighted by Crippen LogP contribution is -2.30. The van der Waals surface area contributed by atoms with Crippen LogP contribution < -0.4 is 9.64 Å². The Morgan fingerprint density at radius 2 is 1.34 bits per heavy atom. The molecule has 2 aliphatic rings. The summed E-state index contributed by atoms with van der Waals surface area (Å²) in [6.45, 7) is 2.06. The van der Waals surface area contributed by atoms with Gasteiger partial charge in [0, 0.05) is 6.08 Å². The number of allylic oxidation sites excluding steroid dienone is 2. The van der Waals surface area contributed by atoms with Crippen molar-refractivity contribution in [2.75, 3.05) is 4.90 Å². The van der Waals surface area contributed by atoms with E-state index in [1.54, 1.807) is 30.3 Å². The van der Waals surface area contributed by atoms with E-state index in [2.05, 4.69) is 31.2 Å². The number of rotatable bonds is 5. The molecule has 5 heteroatoms. The number of hydrogen-bond acceptors (Lipinski definition) is 4. The molecule has 2 atom stereocenters. The Kier molecular flexibility index (Phi) is 6.15. The van der Waals surface area contributed by atoms with Crippen LogP contribution in [0, 0.1) is 18.8 Å². The molecule has 3 aromatic rings. The first-order valence-electron chi connectivity index (χ1n) is 11.7. The van der Waals surface area contributed by atoms with Crippen molar-refractivity contribution in [2.24, 2.45) is 11.8 Å². The van der Waals surface area contributed by atoms with Crippen molar-refractivity contribution in [3.63, 3.8) is 0 Å². The van der Waals surface area contributed by atoms with Gasteiger partial charge in [0.1, 0.15) is 5.75 Å². The number of carbonyl (C=O) groups is 3. The molecule has 35 heavy (non-hydrogen) atoms. The van der Waals surface area contributed by atoms with E-state index in [1.165, 1.54) is 16.5 Å². The van der Waals surface area contributed by atoms with Crippen molar-refractivity contribution in [3.05, 3.63) is 102 Å².